The van der Waals surface area contributed by atoms with Crippen molar-refractivity contribution >= 4 is 34.2 Å². The molecule has 6 rings (SSSR count). The van der Waals surface area contributed by atoms with Crippen LogP contribution < -0.4 is 10.2 Å². The monoisotopic (exact) mass is 479 g/mol. The summed E-state index contributed by atoms with van der Waals surface area (Å²) in [5.41, 5.74) is 6.41. The Morgan fingerprint density at radius 3 is 2.64 bits per heavy atom. The molecule has 0 bridgehead atoms. The van der Waals surface area contributed by atoms with E-state index < -0.39 is 0 Å². The largest absolute Gasteiger partial charge is 0.378 e. The average molecular weight is 480 g/mol. The van der Waals surface area contributed by atoms with Crippen molar-refractivity contribution in [3.8, 4) is 11.3 Å². The van der Waals surface area contributed by atoms with Crippen LogP contribution in [0.2, 0.25) is 0 Å². The van der Waals surface area contributed by atoms with Crippen LogP contribution in [0.3, 0.4) is 0 Å². The molecule has 9 nitrogen and oxygen atoms in total. The summed E-state index contributed by atoms with van der Waals surface area (Å²) in [5.74, 6) is 0.864. The van der Waals surface area contributed by atoms with Crippen molar-refractivity contribution in [2.24, 2.45) is 4.99 Å². The number of morpholine rings is 1. The number of benzene rings is 1. The molecule has 1 aromatic carbocycles. The smallest absolute Gasteiger partial charge is 0.228 e. The van der Waals surface area contributed by atoms with Crippen molar-refractivity contribution in [1.82, 2.24) is 19.9 Å². The molecule has 5 heterocycles. The number of aromatic nitrogens is 4. The predicted molar refractivity (Wildman–Crippen MR) is 139 cm³/mol. The van der Waals surface area contributed by atoms with Crippen LogP contribution in [0.5, 0.6) is 0 Å². The van der Waals surface area contributed by atoms with Crippen LogP contribution in [0.4, 0.5) is 11.5 Å². The normalized spacial score (nSPS) is 15.6. The third-order valence-corrected chi connectivity index (χ3v) is 6.35. The molecule has 4 aromatic rings. The summed E-state index contributed by atoms with van der Waals surface area (Å²) in [5, 5.41) is 3.98. The second-order valence-electron chi connectivity index (χ2n) is 8.78. The van der Waals surface area contributed by atoms with E-state index in [2.05, 4.69) is 41.2 Å². The van der Waals surface area contributed by atoms with E-state index >= 15 is 0 Å². The maximum Gasteiger partial charge on any atom is 0.228 e. The molecule has 1 saturated heterocycles. The lowest BCUT2D eigenvalue weighted by Gasteiger charge is -2.27. The number of H-pyrrole nitrogens is 1. The molecule has 0 saturated carbocycles. The number of ether oxygens (including phenoxy) is 1. The molecule has 2 N–H and O–H groups in total. The second-order valence-corrected chi connectivity index (χ2v) is 8.78. The average Bonchev–Trinajstić information content (AvgIpc) is 3.57. The molecular formula is C27H25N7O2. The molecule has 180 valence electrons. The van der Waals surface area contributed by atoms with Gasteiger partial charge in [-0.3, -0.25) is 14.8 Å². The van der Waals surface area contributed by atoms with Crippen LogP contribution in [0.25, 0.3) is 22.3 Å². The molecule has 0 spiro atoms. The molecule has 2 aliphatic rings. The molecule has 3 aromatic heterocycles. The highest BCUT2D eigenvalue weighted by Crippen LogP contribution is 2.29. The van der Waals surface area contributed by atoms with Gasteiger partial charge in [-0.15, -0.1) is 0 Å². The Kier molecular flexibility index (Phi) is 5.96. The van der Waals surface area contributed by atoms with Crippen LogP contribution >= 0.6 is 0 Å². The lowest BCUT2D eigenvalue weighted by molar-refractivity contribution is -0.115. The van der Waals surface area contributed by atoms with Gasteiger partial charge in [-0.25, -0.2) is 9.97 Å². The summed E-state index contributed by atoms with van der Waals surface area (Å²) in [6.45, 7) is 3.57. The Balaban J connectivity index is 1.12. The van der Waals surface area contributed by atoms with Crippen LogP contribution in [-0.2, 0) is 9.53 Å². The molecule has 1 amide bonds. The first kappa shape index (κ1) is 22.1. The number of rotatable bonds is 6. The number of hydrogen-bond donors (Lipinski definition) is 2. The van der Waals surface area contributed by atoms with Crippen LogP contribution in [-0.4, -0.2) is 64.4 Å². The van der Waals surface area contributed by atoms with Crippen molar-refractivity contribution in [2.75, 3.05) is 43.1 Å². The Bertz CT molecular complexity index is 1450. The molecule has 0 atom stereocenters. The molecular weight excluding hydrogens is 454 g/mol. The fourth-order valence-corrected chi connectivity index (χ4v) is 4.53. The lowest BCUT2D eigenvalue weighted by Crippen LogP contribution is -2.36. The Morgan fingerprint density at radius 1 is 1.03 bits per heavy atom. The van der Waals surface area contributed by atoms with Crippen molar-refractivity contribution < 1.29 is 9.53 Å². The van der Waals surface area contributed by atoms with Crippen LogP contribution in [0, 0.1) is 0 Å². The first-order valence-corrected chi connectivity index (χ1v) is 11.9. The number of nitrogens with zero attached hydrogens (tertiary/aromatic N) is 5. The first-order chi connectivity index (χ1) is 17.7. The van der Waals surface area contributed by atoms with E-state index in [1.54, 1.807) is 18.7 Å². The number of aliphatic imine (C=N–C) groups is 1. The van der Waals surface area contributed by atoms with E-state index in [-0.39, 0.29) is 5.91 Å². The quantitative estimate of drug-likeness (QED) is 0.437. The number of aromatic amines is 1. The highest BCUT2D eigenvalue weighted by Gasteiger charge is 2.18. The standard InChI is InChI=1S/C27H25N7O2/c35-25(14-18-13-23(29-16-18)20-5-7-28-8-6-20)32-21-3-1-19(2-4-21)24-15-22-26(33-24)30-17-31-27(22)34-9-11-36-12-10-34/h1-8,13,15,17H,9-12,14,16H2,(H,32,35)(H,30,31,33). The maximum absolute atomic E-state index is 12.6. The van der Waals surface area contributed by atoms with Crippen LogP contribution in [0.1, 0.15) is 12.0 Å². The number of allylic oxidation sites excluding steroid dienone is 1. The Hall–Kier alpha value is -4.37. The summed E-state index contributed by atoms with van der Waals surface area (Å²) in [6, 6.07) is 13.7. The van der Waals surface area contributed by atoms with E-state index in [1.165, 1.54) is 0 Å². The molecule has 0 aliphatic carbocycles. The molecule has 9 heteroatoms. The van der Waals surface area contributed by atoms with E-state index in [0.29, 0.717) is 26.2 Å². The zero-order chi connectivity index (χ0) is 24.3. The van der Waals surface area contributed by atoms with Gasteiger partial charge in [0.25, 0.3) is 0 Å². The third kappa shape index (κ3) is 4.60. The van der Waals surface area contributed by atoms with Gasteiger partial charge in [0.05, 0.1) is 37.3 Å². The minimum Gasteiger partial charge on any atom is -0.378 e. The number of nitrogens with one attached hydrogen (secondary N) is 2. The number of anilines is 2. The van der Waals surface area contributed by atoms with Crippen molar-refractivity contribution in [3.05, 3.63) is 78.4 Å². The number of carbonyl (C=O) groups excluding carboxylic acids is 1. The van der Waals surface area contributed by atoms with Gasteiger partial charge in [0.1, 0.15) is 17.8 Å². The minimum atomic E-state index is -0.0591. The summed E-state index contributed by atoms with van der Waals surface area (Å²) in [4.78, 5) is 35.8. The molecule has 0 radical (unpaired) electrons. The van der Waals surface area contributed by atoms with Gasteiger partial charge in [0, 0.05) is 42.4 Å². The lowest BCUT2D eigenvalue weighted by atomic mass is 10.1. The molecule has 1 fully saturated rings. The zero-order valence-corrected chi connectivity index (χ0v) is 19.6. The van der Waals surface area contributed by atoms with Gasteiger partial charge in [0.15, 0.2) is 0 Å². The molecule has 2 aliphatic heterocycles. The van der Waals surface area contributed by atoms with Gasteiger partial charge in [-0.1, -0.05) is 12.1 Å². The summed E-state index contributed by atoms with van der Waals surface area (Å²) in [7, 11) is 0. The van der Waals surface area contributed by atoms with Gasteiger partial charge in [-0.05, 0) is 47.5 Å². The number of fused-ring (bicyclic) bond motifs is 1. The highest BCUT2D eigenvalue weighted by molar-refractivity contribution is 6.11. The van der Waals surface area contributed by atoms with E-state index in [0.717, 1.165) is 63.7 Å². The van der Waals surface area contributed by atoms with Gasteiger partial charge in [-0.2, -0.15) is 0 Å². The van der Waals surface area contributed by atoms with Crippen molar-refractivity contribution in [3.63, 3.8) is 0 Å². The summed E-state index contributed by atoms with van der Waals surface area (Å²) in [6.07, 6.45) is 7.38. The summed E-state index contributed by atoms with van der Waals surface area (Å²) >= 11 is 0. The molecule has 0 unspecified atom stereocenters. The molecule has 36 heavy (non-hydrogen) atoms. The van der Waals surface area contributed by atoms with Gasteiger partial charge in [0.2, 0.25) is 5.91 Å². The fraction of sp³-hybridized carbons (Fsp3) is 0.222. The number of amides is 1. The van der Waals surface area contributed by atoms with Crippen molar-refractivity contribution in [1.29, 1.82) is 0 Å². The maximum atomic E-state index is 12.6. The minimum absolute atomic E-state index is 0.0591. The summed E-state index contributed by atoms with van der Waals surface area (Å²) < 4.78 is 5.47. The van der Waals surface area contributed by atoms with Gasteiger partial charge < -0.3 is 19.9 Å². The second kappa shape index (κ2) is 9.71. The van der Waals surface area contributed by atoms with Gasteiger partial charge >= 0.3 is 0 Å². The van der Waals surface area contributed by atoms with E-state index in [4.69, 9.17) is 4.74 Å². The number of pyridine rings is 1. The predicted octanol–water partition coefficient (Wildman–Crippen LogP) is 3.61. The number of carbonyl (C=O) groups is 1. The topological polar surface area (TPSA) is 108 Å². The Labute approximate surface area is 208 Å². The third-order valence-electron chi connectivity index (χ3n) is 6.35. The van der Waals surface area contributed by atoms with Crippen molar-refractivity contribution in [2.45, 2.75) is 6.42 Å². The Morgan fingerprint density at radius 2 is 1.83 bits per heavy atom. The number of hydrogen-bond acceptors (Lipinski definition) is 7. The highest BCUT2D eigenvalue weighted by atomic mass is 16.5. The zero-order valence-electron chi connectivity index (χ0n) is 19.6. The van der Waals surface area contributed by atoms with E-state index in [1.807, 2.05) is 42.5 Å². The first-order valence-electron chi connectivity index (χ1n) is 11.9. The van der Waals surface area contributed by atoms with E-state index in [9.17, 15) is 4.79 Å². The van der Waals surface area contributed by atoms with Crippen LogP contribution in [0.15, 0.2) is 77.8 Å². The SMILES string of the molecule is O=C(CC1=CC(c2ccncc2)=NC1)Nc1ccc(-c2cc3c(N4CCOCC4)ncnc3[nH]2)cc1. The fourth-order valence-electron chi connectivity index (χ4n) is 4.53.